The van der Waals surface area contributed by atoms with Crippen LogP contribution in [0, 0.1) is 0 Å². The summed E-state index contributed by atoms with van der Waals surface area (Å²) in [6, 6.07) is 8.65. The first kappa shape index (κ1) is 17.5. The Hall–Kier alpha value is -2.87. The van der Waals surface area contributed by atoms with Crippen molar-refractivity contribution >= 4 is 45.9 Å². The van der Waals surface area contributed by atoms with Crippen molar-refractivity contribution < 1.29 is 18.8 Å². The number of para-hydroxylation sites is 1. The molecule has 0 aliphatic carbocycles. The number of fused-ring (bicyclic) bond motifs is 1. The molecule has 1 aromatic heterocycles. The lowest BCUT2D eigenvalue weighted by atomic mass is 10.2. The number of thioether (sulfide) groups is 1. The normalized spacial score (nSPS) is 18.9. The molecule has 1 aromatic carbocycles. The topological polar surface area (TPSA) is 87.9 Å². The van der Waals surface area contributed by atoms with Gasteiger partial charge in [0, 0.05) is 18.5 Å². The molecule has 7 nitrogen and oxygen atoms in total. The van der Waals surface area contributed by atoms with Crippen molar-refractivity contribution in [3.05, 3.63) is 51.2 Å². The van der Waals surface area contributed by atoms with E-state index >= 15 is 0 Å². The molecular weight excluding hydrogens is 368 g/mol. The summed E-state index contributed by atoms with van der Waals surface area (Å²) in [4.78, 5) is 51.8. The molecular formula is C19H16N2O5S. The highest BCUT2D eigenvalue weighted by atomic mass is 32.2. The Balaban J connectivity index is 1.58. The summed E-state index contributed by atoms with van der Waals surface area (Å²) >= 11 is 0.722. The van der Waals surface area contributed by atoms with Crippen LogP contribution < -0.4 is 5.63 Å². The van der Waals surface area contributed by atoms with Crippen LogP contribution in [-0.4, -0.2) is 46.5 Å². The molecule has 27 heavy (non-hydrogen) atoms. The lowest BCUT2D eigenvalue weighted by Crippen LogP contribution is -2.40. The summed E-state index contributed by atoms with van der Waals surface area (Å²) in [5.74, 6) is -0.800. The van der Waals surface area contributed by atoms with Gasteiger partial charge in [-0.25, -0.2) is 4.79 Å². The number of likely N-dealkylation sites (tertiary alicyclic amines) is 1. The van der Waals surface area contributed by atoms with Gasteiger partial charge in [0.25, 0.3) is 11.1 Å². The number of amides is 3. The standard InChI is InChI=1S/C19H16N2O5S/c22-16(20-7-3-4-8-20)11-21-17(23)15(27-19(21)25)10-13-9-12-5-1-2-6-14(12)26-18(13)24/h1-2,5-6,9-10H,3-4,7-8,11H2/b15-10-. The number of rotatable bonds is 3. The number of hydrogen-bond acceptors (Lipinski definition) is 6. The van der Waals surface area contributed by atoms with Gasteiger partial charge in [0.15, 0.2) is 0 Å². The molecule has 138 valence electrons. The van der Waals surface area contributed by atoms with Crippen molar-refractivity contribution in [2.75, 3.05) is 19.6 Å². The molecule has 0 radical (unpaired) electrons. The van der Waals surface area contributed by atoms with Gasteiger partial charge in [-0.3, -0.25) is 19.3 Å². The summed E-state index contributed by atoms with van der Waals surface area (Å²) in [6.07, 6.45) is 3.22. The van der Waals surface area contributed by atoms with Crippen LogP contribution >= 0.6 is 11.8 Å². The third-order valence-corrected chi connectivity index (χ3v) is 5.49. The fourth-order valence-electron chi connectivity index (χ4n) is 3.16. The second-order valence-corrected chi connectivity index (χ2v) is 7.38. The molecule has 0 bridgehead atoms. The molecule has 0 atom stereocenters. The molecule has 4 rings (SSSR count). The maximum Gasteiger partial charge on any atom is 0.343 e. The summed E-state index contributed by atoms with van der Waals surface area (Å²) in [6.45, 7) is 1.04. The Labute approximate surface area is 158 Å². The smallest absolute Gasteiger partial charge is 0.343 e. The zero-order valence-electron chi connectivity index (χ0n) is 14.3. The van der Waals surface area contributed by atoms with E-state index in [9.17, 15) is 19.2 Å². The lowest BCUT2D eigenvalue weighted by Gasteiger charge is -2.18. The van der Waals surface area contributed by atoms with Crippen LogP contribution in [0.3, 0.4) is 0 Å². The van der Waals surface area contributed by atoms with Crippen molar-refractivity contribution in [2.24, 2.45) is 0 Å². The van der Waals surface area contributed by atoms with Crippen molar-refractivity contribution in [1.29, 1.82) is 0 Å². The Kier molecular flexibility index (Phi) is 4.57. The fourth-order valence-corrected chi connectivity index (χ4v) is 3.99. The number of nitrogens with zero attached hydrogens (tertiary/aromatic N) is 2. The lowest BCUT2D eigenvalue weighted by molar-refractivity contribution is -0.135. The zero-order chi connectivity index (χ0) is 19.0. The van der Waals surface area contributed by atoms with E-state index in [1.807, 2.05) is 6.07 Å². The van der Waals surface area contributed by atoms with Crippen molar-refractivity contribution in [2.45, 2.75) is 12.8 Å². The van der Waals surface area contributed by atoms with E-state index in [0.717, 1.165) is 29.5 Å². The van der Waals surface area contributed by atoms with Gasteiger partial charge in [0.2, 0.25) is 5.91 Å². The van der Waals surface area contributed by atoms with Crippen LogP contribution in [0.4, 0.5) is 4.79 Å². The Morgan fingerprint density at radius 2 is 1.89 bits per heavy atom. The molecule has 2 saturated heterocycles. The van der Waals surface area contributed by atoms with Gasteiger partial charge < -0.3 is 9.32 Å². The van der Waals surface area contributed by atoms with Gasteiger partial charge in [-0.05, 0) is 42.8 Å². The van der Waals surface area contributed by atoms with Crippen LogP contribution in [0.15, 0.2) is 44.4 Å². The first-order valence-electron chi connectivity index (χ1n) is 8.59. The van der Waals surface area contributed by atoms with E-state index in [1.165, 1.54) is 6.08 Å². The molecule has 2 aliphatic heterocycles. The highest BCUT2D eigenvalue weighted by Gasteiger charge is 2.37. The number of imide groups is 1. The second kappa shape index (κ2) is 7.03. The maximum absolute atomic E-state index is 12.6. The molecule has 3 heterocycles. The van der Waals surface area contributed by atoms with Gasteiger partial charge >= 0.3 is 5.63 Å². The number of carbonyl (C=O) groups excluding carboxylic acids is 3. The van der Waals surface area contributed by atoms with Crippen LogP contribution in [0.5, 0.6) is 0 Å². The van der Waals surface area contributed by atoms with Crippen molar-refractivity contribution in [3.63, 3.8) is 0 Å². The predicted molar refractivity (Wildman–Crippen MR) is 101 cm³/mol. The summed E-state index contributed by atoms with van der Waals surface area (Å²) in [5.41, 5.74) is 0.0441. The molecule has 3 amide bonds. The molecule has 0 N–H and O–H groups in total. The summed E-state index contributed by atoms with van der Waals surface area (Å²) in [7, 11) is 0. The van der Waals surface area contributed by atoms with Crippen LogP contribution in [0.1, 0.15) is 18.4 Å². The fraction of sp³-hybridized carbons (Fsp3) is 0.263. The minimum Gasteiger partial charge on any atom is -0.422 e. The highest BCUT2D eigenvalue weighted by Crippen LogP contribution is 2.32. The minimum atomic E-state index is -0.589. The summed E-state index contributed by atoms with van der Waals surface area (Å²) in [5, 5.41) is 0.204. The van der Waals surface area contributed by atoms with Crippen molar-refractivity contribution in [1.82, 2.24) is 9.80 Å². The molecule has 2 fully saturated rings. The number of carbonyl (C=O) groups is 3. The SMILES string of the molecule is O=C(CN1C(=O)S/C(=C\c2cc3ccccc3oc2=O)C1=O)N1CCCC1. The van der Waals surface area contributed by atoms with E-state index in [0.29, 0.717) is 24.1 Å². The van der Waals surface area contributed by atoms with Gasteiger partial charge in [-0.1, -0.05) is 18.2 Å². The quantitative estimate of drug-likeness (QED) is 0.597. The summed E-state index contributed by atoms with van der Waals surface area (Å²) < 4.78 is 5.24. The third-order valence-electron chi connectivity index (χ3n) is 4.58. The van der Waals surface area contributed by atoms with E-state index in [4.69, 9.17) is 4.42 Å². The van der Waals surface area contributed by atoms with E-state index < -0.39 is 16.8 Å². The predicted octanol–water partition coefficient (Wildman–Crippen LogP) is 2.45. The maximum atomic E-state index is 12.6. The minimum absolute atomic E-state index is 0.108. The first-order valence-corrected chi connectivity index (χ1v) is 9.40. The second-order valence-electron chi connectivity index (χ2n) is 6.38. The first-order chi connectivity index (χ1) is 13.0. The Morgan fingerprint density at radius 1 is 1.15 bits per heavy atom. The Morgan fingerprint density at radius 3 is 2.67 bits per heavy atom. The third kappa shape index (κ3) is 3.40. The molecule has 8 heteroatoms. The van der Waals surface area contributed by atoms with Crippen LogP contribution in [0.2, 0.25) is 0 Å². The van der Waals surface area contributed by atoms with Gasteiger partial charge in [0.05, 0.1) is 10.5 Å². The van der Waals surface area contributed by atoms with E-state index in [-0.39, 0.29) is 22.9 Å². The molecule has 2 aromatic rings. The Bertz CT molecular complexity index is 1040. The van der Waals surface area contributed by atoms with E-state index in [2.05, 4.69) is 0 Å². The molecule has 2 aliphatic rings. The molecule has 0 spiro atoms. The number of hydrogen-bond donors (Lipinski definition) is 0. The van der Waals surface area contributed by atoms with E-state index in [1.54, 1.807) is 29.2 Å². The van der Waals surface area contributed by atoms with Crippen LogP contribution in [0.25, 0.3) is 17.0 Å². The average Bonchev–Trinajstić information content (AvgIpc) is 3.27. The molecule has 0 saturated carbocycles. The van der Waals surface area contributed by atoms with Gasteiger partial charge in [-0.2, -0.15) is 0 Å². The largest absolute Gasteiger partial charge is 0.422 e. The van der Waals surface area contributed by atoms with Gasteiger partial charge in [-0.15, -0.1) is 0 Å². The van der Waals surface area contributed by atoms with Gasteiger partial charge in [0.1, 0.15) is 12.1 Å². The number of benzene rings is 1. The monoisotopic (exact) mass is 384 g/mol. The highest BCUT2D eigenvalue weighted by molar-refractivity contribution is 8.18. The average molecular weight is 384 g/mol. The van der Waals surface area contributed by atoms with Crippen LogP contribution in [-0.2, 0) is 9.59 Å². The zero-order valence-corrected chi connectivity index (χ0v) is 15.2. The van der Waals surface area contributed by atoms with Crippen molar-refractivity contribution in [3.8, 4) is 0 Å². The molecule has 0 unspecified atom stereocenters.